The van der Waals surface area contributed by atoms with Gasteiger partial charge < -0.3 is 9.88 Å². The quantitative estimate of drug-likeness (QED) is 0.850. The fourth-order valence-electron chi connectivity index (χ4n) is 1.77. The molecule has 0 saturated heterocycles. The van der Waals surface area contributed by atoms with Crippen molar-refractivity contribution in [2.75, 3.05) is 6.54 Å². The molecule has 0 aliphatic rings. The molecule has 4 heteroatoms. The molecule has 0 amide bonds. The van der Waals surface area contributed by atoms with Gasteiger partial charge in [0.05, 0.1) is 5.69 Å². The third kappa shape index (κ3) is 3.14. The predicted octanol–water partition coefficient (Wildman–Crippen LogP) is 1.71. The van der Waals surface area contributed by atoms with Crippen molar-refractivity contribution in [1.29, 1.82) is 0 Å². The largest absolute Gasteiger partial charge is 0.338 e. The van der Waals surface area contributed by atoms with E-state index in [1.54, 1.807) is 0 Å². The number of hydrogen-bond donors (Lipinski definition) is 1. The number of nitrogens with zero attached hydrogens (tertiary/aromatic N) is 3. The van der Waals surface area contributed by atoms with E-state index in [0.717, 1.165) is 24.5 Å². The number of hydrogen-bond acceptors (Lipinski definition) is 3. The van der Waals surface area contributed by atoms with Crippen molar-refractivity contribution in [2.24, 2.45) is 7.05 Å². The third-order valence-electron chi connectivity index (χ3n) is 2.85. The standard InChI is InChI=1S/C13H18N4/c1-11(12-5-3-4-7-15-12)14-8-6-13-16-9-10-17(13)2/h3-5,7,9-11,14H,6,8H2,1-2H3/t11-/m0/s1. The highest BCUT2D eigenvalue weighted by Crippen LogP contribution is 2.07. The van der Waals surface area contributed by atoms with Crippen molar-refractivity contribution in [2.45, 2.75) is 19.4 Å². The first-order valence-electron chi connectivity index (χ1n) is 5.88. The summed E-state index contributed by atoms with van der Waals surface area (Å²) in [6, 6.07) is 6.26. The molecule has 0 spiro atoms. The van der Waals surface area contributed by atoms with Gasteiger partial charge in [-0.25, -0.2) is 4.98 Å². The van der Waals surface area contributed by atoms with Crippen molar-refractivity contribution >= 4 is 0 Å². The molecule has 1 atom stereocenters. The zero-order valence-electron chi connectivity index (χ0n) is 10.3. The highest BCUT2D eigenvalue weighted by Gasteiger charge is 2.05. The van der Waals surface area contributed by atoms with Crippen LogP contribution >= 0.6 is 0 Å². The van der Waals surface area contributed by atoms with Gasteiger partial charge in [0.2, 0.25) is 0 Å². The van der Waals surface area contributed by atoms with Crippen LogP contribution in [0.4, 0.5) is 0 Å². The number of aromatic nitrogens is 3. The molecule has 0 aliphatic carbocycles. The lowest BCUT2D eigenvalue weighted by molar-refractivity contribution is 0.554. The SMILES string of the molecule is C[C@H](NCCc1nccn1C)c1ccccn1. The normalized spacial score (nSPS) is 12.6. The molecular formula is C13H18N4. The summed E-state index contributed by atoms with van der Waals surface area (Å²) < 4.78 is 2.05. The Bertz CT molecular complexity index is 449. The maximum absolute atomic E-state index is 4.33. The summed E-state index contributed by atoms with van der Waals surface area (Å²) in [5.74, 6) is 1.10. The molecule has 0 aliphatic heterocycles. The average molecular weight is 230 g/mol. The third-order valence-corrected chi connectivity index (χ3v) is 2.85. The van der Waals surface area contributed by atoms with E-state index in [0.29, 0.717) is 0 Å². The monoisotopic (exact) mass is 230 g/mol. The van der Waals surface area contributed by atoms with Crippen molar-refractivity contribution in [3.8, 4) is 0 Å². The molecule has 17 heavy (non-hydrogen) atoms. The Morgan fingerprint density at radius 1 is 1.29 bits per heavy atom. The van der Waals surface area contributed by atoms with E-state index in [1.807, 2.05) is 48.4 Å². The number of imidazole rings is 1. The van der Waals surface area contributed by atoms with E-state index in [9.17, 15) is 0 Å². The summed E-state index contributed by atoms with van der Waals surface area (Å²) in [7, 11) is 2.02. The first-order chi connectivity index (χ1) is 8.27. The average Bonchev–Trinajstić information content (AvgIpc) is 2.76. The van der Waals surface area contributed by atoms with Gasteiger partial charge >= 0.3 is 0 Å². The summed E-state index contributed by atoms with van der Waals surface area (Å²) >= 11 is 0. The minimum Gasteiger partial charge on any atom is -0.338 e. The molecule has 0 aromatic carbocycles. The van der Waals surface area contributed by atoms with E-state index in [2.05, 4.69) is 22.2 Å². The van der Waals surface area contributed by atoms with Crippen LogP contribution in [0.5, 0.6) is 0 Å². The zero-order chi connectivity index (χ0) is 12.1. The Labute approximate surface area is 102 Å². The van der Waals surface area contributed by atoms with Crippen molar-refractivity contribution in [3.05, 3.63) is 48.3 Å². The number of aryl methyl sites for hydroxylation is 1. The van der Waals surface area contributed by atoms with Gasteiger partial charge in [0, 0.05) is 44.6 Å². The van der Waals surface area contributed by atoms with E-state index in [4.69, 9.17) is 0 Å². The number of pyridine rings is 1. The second-order valence-corrected chi connectivity index (χ2v) is 4.13. The Morgan fingerprint density at radius 3 is 2.82 bits per heavy atom. The first kappa shape index (κ1) is 11.8. The van der Waals surface area contributed by atoms with Gasteiger partial charge in [-0.2, -0.15) is 0 Å². The van der Waals surface area contributed by atoms with Crippen LogP contribution < -0.4 is 5.32 Å². The Kier molecular flexibility index (Phi) is 3.88. The Morgan fingerprint density at radius 2 is 2.18 bits per heavy atom. The van der Waals surface area contributed by atoms with Gasteiger partial charge in [-0.15, -0.1) is 0 Å². The van der Waals surface area contributed by atoms with Crippen LogP contribution in [0.1, 0.15) is 24.5 Å². The fourth-order valence-corrected chi connectivity index (χ4v) is 1.77. The molecule has 2 aromatic heterocycles. The van der Waals surface area contributed by atoms with Gasteiger partial charge in [0.15, 0.2) is 0 Å². The lowest BCUT2D eigenvalue weighted by Gasteiger charge is -2.12. The molecule has 0 unspecified atom stereocenters. The first-order valence-corrected chi connectivity index (χ1v) is 5.88. The van der Waals surface area contributed by atoms with Crippen LogP contribution in [0, 0.1) is 0 Å². The van der Waals surface area contributed by atoms with Gasteiger partial charge in [0.25, 0.3) is 0 Å². The molecule has 1 N–H and O–H groups in total. The molecule has 2 heterocycles. The number of nitrogens with one attached hydrogen (secondary N) is 1. The second kappa shape index (κ2) is 5.59. The fraction of sp³-hybridized carbons (Fsp3) is 0.385. The van der Waals surface area contributed by atoms with Crippen molar-refractivity contribution in [1.82, 2.24) is 19.9 Å². The van der Waals surface area contributed by atoms with Crippen LogP contribution in [0.3, 0.4) is 0 Å². The Balaban J connectivity index is 1.81. The Hall–Kier alpha value is -1.68. The summed E-state index contributed by atoms with van der Waals surface area (Å²) in [6.45, 7) is 3.03. The second-order valence-electron chi connectivity index (χ2n) is 4.13. The van der Waals surface area contributed by atoms with Crippen LogP contribution in [0.2, 0.25) is 0 Å². The van der Waals surface area contributed by atoms with Gasteiger partial charge in [-0.05, 0) is 19.1 Å². The number of rotatable bonds is 5. The lowest BCUT2D eigenvalue weighted by Crippen LogP contribution is -2.22. The summed E-state index contributed by atoms with van der Waals surface area (Å²) in [6.07, 6.45) is 6.56. The van der Waals surface area contributed by atoms with Crippen molar-refractivity contribution in [3.63, 3.8) is 0 Å². The zero-order valence-corrected chi connectivity index (χ0v) is 10.3. The molecule has 2 rings (SSSR count). The van der Waals surface area contributed by atoms with Gasteiger partial charge in [-0.1, -0.05) is 6.07 Å². The minimum absolute atomic E-state index is 0.275. The maximum atomic E-state index is 4.33. The molecule has 0 radical (unpaired) electrons. The van der Waals surface area contributed by atoms with Crippen LogP contribution in [-0.4, -0.2) is 21.1 Å². The van der Waals surface area contributed by atoms with E-state index in [1.165, 1.54) is 0 Å². The molecule has 0 fully saturated rings. The minimum atomic E-state index is 0.275. The molecule has 0 bridgehead atoms. The van der Waals surface area contributed by atoms with Crippen LogP contribution in [-0.2, 0) is 13.5 Å². The predicted molar refractivity (Wildman–Crippen MR) is 67.6 cm³/mol. The van der Waals surface area contributed by atoms with E-state index < -0.39 is 0 Å². The van der Waals surface area contributed by atoms with Gasteiger partial charge in [-0.3, -0.25) is 4.98 Å². The molecular weight excluding hydrogens is 212 g/mol. The lowest BCUT2D eigenvalue weighted by atomic mass is 10.2. The van der Waals surface area contributed by atoms with E-state index >= 15 is 0 Å². The highest BCUT2D eigenvalue weighted by atomic mass is 15.0. The van der Waals surface area contributed by atoms with Crippen LogP contribution in [0.25, 0.3) is 0 Å². The summed E-state index contributed by atoms with van der Waals surface area (Å²) in [5.41, 5.74) is 1.08. The van der Waals surface area contributed by atoms with Crippen molar-refractivity contribution < 1.29 is 0 Å². The van der Waals surface area contributed by atoms with E-state index in [-0.39, 0.29) is 6.04 Å². The summed E-state index contributed by atoms with van der Waals surface area (Å²) in [4.78, 5) is 8.62. The molecule has 0 saturated carbocycles. The molecule has 4 nitrogen and oxygen atoms in total. The maximum Gasteiger partial charge on any atom is 0.109 e. The highest BCUT2D eigenvalue weighted by molar-refractivity contribution is 5.07. The summed E-state index contributed by atoms with van der Waals surface area (Å²) in [5, 5.41) is 3.45. The van der Waals surface area contributed by atoms with Gasteiger partial charge in [0.1, 0.15) is 5.82 Å². The smallest absolute Gasteiger partial charge is 0.109 e. The van der Waals surface area contributed by atoms with Crippen LogP contribution in [0.15, 0.2) is 36.8 Å². The topological polar surface area (TPSA) is 42.7 Å². The molecule has 2 aromatic rings. The molecule has 90 valence electrons.